The van der Waals surface area contributed by atoms with Gasteiger partial charge in [-0.2, -0.15) is 0 Å². The summed E-state index contributed by atoms with van der Waals surface area (Å²) in [6.45, 7) is 5.23. The maximum atomic E-state index is 5.68. The van der Waals surface area contributed by atoms with E-state index in [4.69, 9.17) is 5.73 Å². The van der Waals surface area contributed by atoms with Crippen molar-refractivity contribution in [3.8, 4) is 0 Å². The van der Waals surface area contributed by atoms with Gasteiger partial charge in [0, 0.05) is 10.5 Å². The quantitative estimate of drug-likeness (QED) is 0.872. The summed E-state index contributed by atoms with van der Waals surface area (Å²) in [5.41, 5.74) is 7.14. The van der Waals surface area contributed by atoms with E-state index < -0.39 is 0 Å². The average Bonchev–Trinajstić information content (AvgIpc) is 2.18. The molecule has 1 unspecified atom stereocenters. The lowest BCUT2D eigenvalue weighted by Crippen LogP contribution is -2.33. The Morgan fingerprint density at radius 1 is 1.44 bits per heavy atom. The van der Waals surface area contributed by atoms with Crippen LogP contribution in [0.25, 0.3) is 0 Å². The van der Waals surface area contributed by atoms with Crippen LogP contribution in [0.4, 0.5) is 0 Å². The van der Waals surface area contributed by atoms with E-state index in [9.17, 15) is 0 Å². The van der Waals surface area contributed by atoms with Crippen LogP contribution >= 0.6 is 15.9 Å². The summed E-state index contributed by atoms with van der Waals surface area (Å²) in [5, 5.41) is 3.39. The van der Waals surface area contributed by atoms with Gasteiger partial charge in [0.25, 0.3) is 0 Å². The summed E-state index contributed by atoms with van der Waals surface area (Å²) < 4.78 is 1.12. The van der Waals surface area contributed by atoms with Crippen LogP contribution in [0, 0.1) is 5.41 Å². The molecule has 16 heavy (non-hydrogen) atoms. The summed E-state index contributed by atoms with van der Waals surface area (Å²) >= 11 is 3.51. The first-order valence-electron chi connectivity index (χ1n) is 5.64. The molecule has 0 heterocycles. The molecule has 90 valence electrons. The molecule has 0 aliphatic rings. The minimum absolute atomic E-state index is 0.157. The number of nitrogens with two attached hydrogens (primary N) is 1. The van der Waals surface area contributed by atoms with Crippen molar-refractivity contribution in [2.45, 2.75) is 26.3 Å². The lowest BCUT2D eigenvalue weighted by atomic mass is 9.78. The zero-order chi connectivity index (χ0) is 12.2. The molecule has 2 nitrogen and oxygen atoms in total. The molecule has 0 spiro atoms. The second-order valence-corrected chi connectivity index (χ2v) is 5.72. The van der Waals surface area contributed by atoms with E-state index in [0.717, 1.165) is 17.4 Å². The molecule has 0 bridgehead atoms. The van der Waals surface area contributed by atoms with Gasteiger partial charge in [0.15, 0.2) is 0 Å². The Balaban J connectivity index is 2.98. The number of benzene rings is 1. The van der Waals surface area contributed by atoms with Gasteiger partial charge in [-0.15, -0.1) is 0 Å². The fourth-order valence-electron chi connectivity index (χ4n) is 2.21. The molecule has 0 aromatic heterocycles. The molecule has 1 aromatic rings. The molecule has 3 N–H and O–H groups in total. The van der Waals surface area contributed by atoms with E-state index in [1.54, 1.807) is 0 Å². The number of rotatable bonds is 5. The summed E-state index contributed by atoms with van der Waals surface area (Å²) in [6.07, 6.45) is 1.00. The average molecular weight is 285 g/mol. The van der Waals surface area contributed by atoms with Crippen molar-refractivity contribution in [1.82, 2.24) is 5.32 Å². The van der Waals surface area contributed by atoms with E-state index in [1.807, 2.05) is 13.1 Å². The first-order valence-corrected chi connectivity index (χ1v) is 6.43. The summed E-state index contributed by atoms with van der Waals surface area (Å²) in [5.74, 6) is 0. The van der Waals surface area contributed by atoms with Gasteiger partial charge in [-0.25, -0.2) is 0 Å². The third kappa shape index (κ3) is 3.30. The van der Waals surface area contributed by atoms with E-state index in [2.05, 4.69) is 53.3 Å². The van der Waals surface area contributed by atoms with E-state index in [0.29, 0.717) is 6.04 Å². The molecule has 1 aromatic carbocycles. The molecular weight excluding hydrogens is 264 g/mol. The topological polar surface area (TPSA) is 38.0 Å². The van der Waals surface area contributed by atoms with Crippen molar-refractivity contribution in [2.75, 3.05) is 13.6 Å². The van der Waals surface area contributed by atoms with Crippen molar-refractivity contribution in [1.29, 1.82) is 0 Å². The van der Waals surface area contributed by atoms with Crippen LogP contribution in [0.1, 0.15) is 31.9 Å². The number of nitrogens with one attached hydrogen (secondary N) is 1. The number of hydrogen-bond donors (Lipinski definition) is 2. The standard InChI is InChI=1S/C13H21BrN2/c1-13(2,7-8-15)12(16-3)10-5-4-6-11(14)9-10/h4-6,9,12,16H,7-8,15H2,1-3H3. The van der Waals surface area contributed by atoms with Gasteiger partial charge in [0.05, 0.1) is 0 Å². The fraction of sp³-hybridized carbons (Fsp3) is 0.538. The zero-order valence-electron chi connectivity index (χ0n) is 10.3. The maximum Gasteiger partial charge on any atom is 0.0370 e. The predicted molar refractivity (Wildman–Crippen MR) is 73.4 cm³/mol. The Kier molecular flexibility index (Phi) is 4.96. The van der Waals surface area contributed by atoms with Crippen LogP contribution in [0.3, 0.4) is 0 Å². The Morgan fingerprint density at radius 3 is 2.62 bits per heavy atom. The molecule has 1 rings (SSSR count). The van der Waals surface area contributed by atoms with Crippen LogP contribution in [0.2, 0.25) is 0 Å². The highest BCUT2D eigenvalue weighted by atomic mass is 79.9. The van der Waals surface area contributed by atoms with Gasteiger partial charge < -0.3 is 11.1 Å². The van der Waals surface area contributed by atoms with Crippen molar-refractivity contribution in [3.63, 3.8) is 0 Å². The predicted octanol–water partition coefficient (Wildman–Crippen LogP) is 3.08. The second-order valence-electron chi connectivity index (χ2n) is 4.80. The van der Waals surface area contributed by atoms with Crippen molar-refractivity contribution in [2.24, 2.45) is 11.1 Å². The molecule has 0 aliphatic carbocycles. The van der Waals surface area contributed by atoms with Gasteiger partial charge >= 0.3 is 0 Å². The Morgan fingerprint density at radius 2 is 2.12 bits per heavy atom. The maximum absolute atomic E-state index is 5.68. The molecule has 3 heteroatoms. The van der Waals surface area contributed by atoms with Gasteiger partial charge in [-0.1, -0.05) is 41.9 Å². The monoisotopic (exact) mass is 284 g/mol. The highest BCUT2D eigenvalue weighted by Gasteiger charge is 2.28. The minimum Gasteiger partial charge on any atom is -0.330 e. The van der Waals surface area contributed by atoms with E-state index in [-0.39, 0.29) is 5.41 Å². The van der Waals surface area contributed by atoms with Gasteiger partial charge in [0.1, 0.15) is 0 Å². The third-order valence-corrected chi connectivity index (χ3v) is 3.53. The first kappa shape index (κ1) is 13.7. The Hall–Kier alpha value is -0.380. The van der Waals surface area contributed by atoms with Crippen molar-refractivity contribution in [3.05, 3.63) is 34.3 Å². The van der Waals surface area contributed by atoms with Crippen LogP contribution in [-0.4, -0.2) is 13.6 Å². The molecule has 0 radical (unpaired) electrons. The molecule has 0 fully saturated rings. The zero-order valence-corrected chi connectivity index (χ0v) is 11.8. The van der Waals surface area contributed by atoms with Crippen molar-refractivity contribution >= 4 is 15.9 Å². The largest absolute Gasteiger partial charge is 0.330 e. The van der Waals surface area contributed by atoms with Crippen LogP contribution in [-0.2, 0) is 0 Å². The van der Waals surface area contributed by atoms with E-state index >= 15 is 0 Å². The number of hydrogen-bond acceptors (Lipinski definition) is 2. The summed E-state index contributed by atoms with van der Waals surface area (Å²) in [7, 11) is 2.00. The highest BCUT2D eigenvalue weighted by Crippen LogP contribution is 2.36. The van der Waals surface area contributed by atoms with Crippen LogP contribution in [0.15, 0.2) is 28.7 Å². The smallest absolute Gasteiger partial charge is 0.0370 e. The molecule has 0 saturated heterocycles. The Labute approximate surface area is 107 Å². The molecule has 0 saturated carbocycles. The summed E-state index contributed by atoms with van der Waals surface area (Å²) in [4.78, 5) is 0. The SMILES string of the molecule is CNC(c1cccc(Br)c1)C(C)(C)CCN. The third-order valence-electron chi connectivity index (χ3n) is 3.04. The Bertz CT molecular complexity index is 336. The highest BCUT2D eigenvalue weighted by molar-refractivity contribution is 9.10. The minimum atomic E-state index is 0.157. The van der Waals surface area contributed by atoms with Crippen LogP contribution < -0.4 is 11.1 Å². The lowest BCUT2D eigenvalue weighted by Gasteiger charge is -2.34. The fourth-order valence-corrected chi connectivity index (χ4v) is 2.63. The van der Waals surface area contributed by atoms with Gasteiger partial charge in [0.2, 0.25) is 0 Å². The molecule has 0 aliphatic heterocycles. The molecule has 0 amide bonds. The first-order chi connectivity index (χ1) is 7.51. The molecular formula is C13H21BrN2. The summed E-state index contributed by atoms with van der Waals surface area (Å²) in [6, 6.07) is 8.77. The van der Waals surface area contributed by atoms with Crippen LogP contribution in [0.5, 0.6) is 0 Å². The van der Waals surface area contributed by atoms with Crippen molar-refractivity contribution < 1.29 is 0 Å². The number of halogens is 1. The molecule has 1 atom stereocenters. The van der Waals surface area contributed by atoms with Gasteiger partial charge in [-0.3, -0.25) is 0 Å². The normalized spacial score (nSPS) is 13.8. The second kappa shape index (κ2) is 5.80. The van der Waals surface area contributed by atoms with E-state index in [1.165, 1.54) is 5.56 Å². The lowest BCUT2D eigenvalue weighted by molar-refractivity contribution is 0.239. The van der Waals surface area contributed by atoms with Gasteiger partial charge in [-0.05, 0) is 43.1 Å².